The fourth-order valence-corrected chi connectivity index (χ4v) is 3.36. The van der Waals surface area contributed by atoms with Crippen molar-refractivity contribution in [1.29, 1.82) is 0 Å². The van der Waals surface area contributed by atoms with Gasteiger partial charge in [0.05, 0.1) is 6.10 Å². The molecule has 1 N–H and O–H groups in total. The number of aryl methyl sites for hydroxylation is 1. The normalized spacial score (nSPS) is 21.2. The molecule has 1 saturated heterocycles. The molecule has 4 nitrogen and oxygen atoms in total. The second-order valence-corrected chi connectivity index (χ2v) is 6.24. The Labute approximate surface area is 142 Å². The highest BCUT2D eigenvalue weighted by molar-refractivity contribution is 6.30. The summed E-state index contributed by atoms with van der Waals surface area (Å²) in [7, 11) is 0. The molecule has 0 bridgehead atoms. The summed E-state index contributed by atoms with van der Waals surface area (Å²) in [6.07, 6.45) is 2.83. The molecular formula is C18H22ClN3O. The number of nitrogens with zero attached hydrogens (tertiary/aromatic N) is 2. The van der Waals surface area contributed by atoms with Crippen molar-refractivity contribution in [3.63, 3.8) is 0 Å². The van der Waals surface area contributed by atoms with Crippen molar-refractivity contribution in [2.24, 2.45) is 0 Å². The van der Waals surface area contributed by atoms with Gasteiger partial charge in [0, 0.05) is 18.2 Å². The Morgan fingerprint density at radius 1 is 1.26 bits per heavy atom. The van der Waals surface area contributed by atoms with Crippen molar-refractivity contribution in [1.82, 2.24) is 9.97 Å². The van der Waals surface area contributed by atoms with Crippen molar-refractivity contribution >= 4 is 17.4 Å². The molecule has 1 fully saturated rings. The van der Waals surface area contributed by atoms with E-state index in [0.29, 0.717) is 17.0 Å². The molecule has 23 heavy (non-hydrogen) atoms. The molecule has 0 saturated carbocycles. The van der Waals surface area contributed by atoms with E-state index in [-0.39, 0.29) is 6.10 Å². The van der Waals surface area contributed by atoms with Crippen LogP contribution in [0.2, 0.25) is 5.15 Å². The zero-order chi connectivity index (χ0) is 16.2. The van der Waals surface area contributed by atoms with E-state index in [1.54, 1.807) is 0 Å². The average molecular weight is 332 g/mol. The molecule has 1 aromatic carbocycles. The van der Waals surface area contributed by atoms with Crippen LogP contribution in [0.5, 0.6) is 0 Å². The Morgan fingerprint density at radius 3 is 2.78 bits per heavy atom. The number of anilines is 1. The SMILES string of the molecule is CCc1c(Cl)nc(C)nc1NC1CCOC(c2ccccc2)C1. The van der Waals surface area contributed by atoms with Gasteiger partial charge in [0.1, 0.15) is 16.8 Å². The van der Waals surface area contributed by atoms with E-state index in [1.165, 1.54) is 5.56 Å². The minimum absolute atomic E-state index is 0.130. The molecule has 0 spiro atoms. The zero-order valence-corrected chi connectivity index (χ0v) is 14.3. The van der Waals surface area contributed by atoms with Crippen LogP contribution in [0.4, 0.5) is 5.82 Å². The third-order valence-electron chi connectivity index (χ3n) is 4.22. The monoisotopic (exact) mass is 331 g/mol. The molecule has 0 amide bonds. The van der Waals surface area contributed by atoms with Gasteiger partial charge in [-0.15, -0.1) is 0 Å². The molecule has 2 unspecified atom stereocenters. The van der Waals surface area contributed by atoms with Crippen LogP contribution in [0.3, 0.4) is 0 Å². The molecule has 1 aliphatic rings. The van der Waals surface area contributed by atoms with Crippen LogP contribution in [0, 0.1) is 6.92 Å². The van der Waals surface area contributed by atoms with Crippen molar-refractivity contribution in [3.05, 3.63) is 52.4 Å². The minimum atomic E-state index is 0.130. The quantitative estimate of drug-likeness (QED) is 0.847. The summed E-state index contributed by atoms with van der Waals surface area (Å²) in [5.41, 5.74) is 2.21. The number of aromatic nitrogens is 2. The first kappa shape index (κ1) is 16.2. The van der Waals surface area contributed by atoms with Crippen LogP contribution in [-0.4, -0.2) is 22.6 Å². The van der Waals surface area contributed by atoms with Crippen LogP contribution >= 0.6 is 11.6 Å². The molecule has 2 aromatic rings. The minimum Gasteiger partial charge on any atom is -0.373 e. The Morgan fingerprint density at radius 2 is 2.04 bits per heavy atom. The second kappa shape index (κ2) is 7.28. The number of halogens is 1. The van der Waals surface area contributed by atoms with Gasteiger partial charge in [0.15, 0.2) is 0 Å². The summed E-state index contributed by atoms with van der Waals surface area (Å²) in [5, 5.41) is 4.12. The van der Waals surface area contributed by atoms with Gasteiger partial charge in [0.25, 0.3) is 0 Å². The first-order valence-corrected chi connectivity index (χ1v) is 8.51. The zero-order valence-electron chi connectivity index (χ0n) is 13.6. The standard InChI is InChI=1S/C18H22ClN3O/c1-3-15-17(19)20-12(2)21-18(15)22-14-9-10-23-16(11-14)13-7-5-4-6-8-13/h4-8,14,16H,3,9-11H2,1-2H3,(H,20,21,22). The fraction of sp³-hybridized carbons (Fsp3) is 0.444. The maximum atomic E-state index is 6.26. The van der Waals surface area contributed by atoms with E-state index in [9.17, 15) is 0 Å². The maximum Gasteiger partial charge on any atom is 0.138 e. The van der Waals surface area contributed by atoms with Crippen LogP contribution in [0.1, 0.15) is 42.8 Å². The Kier molecular flexibility index (Phi) is 5.13. The van der Waals surface area contributed by atoms with Crippen molar-refractivity contribution in [3.8, 4) is 0 Å². The number of nitrogens with one attached hydrogen (secondary N) is 1. The summed E-state index contributed by atoms with van der Waals surface area (Å²) < 4.78 is 5.94. The number of hydrogen-bond donors (Lipinski definition) is 1. The third-order valence-corrected chi connectivity index (χ3v) is 4.53. The van der Waals surface area contributed by atoms with Gasteiger partial charge in [-0.1, -0.05) is 48.9 Å². The van der Waals surface area contributed by atoms with Gasteiger partial charge in [0.2, 0.25) is 0 Å². The second-order valence-electron chi connectivity index (χ2n) is 5.88. The summed E-state index contributed by atoms with van der Waals surface area (Å²) in [6.45, 7) is 4.69. The lowest BCUT2D eigenvalue weighted by Crippen LogP contribution is -2.31. The topological polar surface area (TPSA) is 47.0 Å². The van der Waals surface area contributed by atoms with Crippen molar-refractivity contribution in [2.45, 2.75) is 45.3 Å². The van der Waals surface area contributed by atoms with E-state index in [4.69, 9.17) is 16.3 Å². The average Bonchev–Trinajstić information content (AvgIpc) is 2.56. The van der Waals surface area contributed by atoms with Crippen LogP contribution in [-0.2, 0) is 11.2 Å². The smallest absolute Gasteiger partial charge is 0.138 e. The van der Waals surface area contributed by atoms with Crippen molar-refractivity contribution < 1.29 is 4.74 Å². The molecule has 3 rings (SSSR count). The van der Waals surface area contributed by atoms with E-state index in [2.05, 4.69) is 46.5 Å². The molecule has 0 aliphatic carbocycles. The molecule has 2 heterocycles. The number of rotatable bonds is 4. The molecular weight excluding hydrogens is 310 g/mol. The van der Waals surface area contributed by atoms with Gasteiger partial charge < -0.3 is 10.1 Å². The molecule has 122 valence electrons. The predicted molar refractivity (Wildman–Crippen MR) is 92.9 cm³/mol. The first-order valence-electron chi connectivity index (χ1n) is 8.13. The molecule has 1 aromatic heterocycles. The van der Waals surface area contributed by atoms with Crippen LogP contribution < -0.4 is 5.32 Å². The Hall–Kier alpha value is -1.65. The van der Waals surface area contributed by atoms with Crippen molar-refractivity contribution in [2.75, 3.05) is 11.9 Å². The summed E-state index contributed by atoms with van der Waals surface area (Å²) in [6, 6.07) is 10.7. The van der Waals surface area contributed by atoms with Gasteiger partial charge in [-0.3, -0.25) is 0 Å². The highest BCUT2D eigenvalue weighted by Crippen LogP contribution is 2.31. The van der Waals surface area contributed by atoms with E-state index < -0.39 is 0 Å². The number of ether oxygens (including phenoxy) is 1. The van der Waals surface area contributed by atoms with Crippen LogP contribution in [0.15, 0.2) is 30.3 Å². The molecule has 0 radical (unpaired) electrons. The predicted octanol–water partition coefficient (Wildman–Crippen LogP) is 4.33. The number of benzene rings is 1. The fourth-order valence-electron chi connectivity index (χ4n) is 3.02. The Balaban J connectivity index is 1.76. The maximum absolute atomic E-state index is 6.26. The highest BCUT2D eigenvalue weighted by Gasteiger charge is 2.25. The van der Waals surface area contributed by atoms with E-state index in [0.717, 1.165) is 37.3 Å². The van der Waals surface area contributed by atoms with E-state index >= 15 is 0 Å². The lowest BCUT2D eigenvalue weighted by Gasteiger charge is -2.31. The van der Waals surface area contributed by atoms with Gasteiger partial charge in [-0.05, 0) is 31.7 Å². The number of hydrogen-bond acceptors (Lipinski definition) is 4. The van der Waals surface area contributed by atoms with Gasteiger partial charge in [-0.25, -0.2) is 9.97 Å². The summed E-state index contributed by atoms with van der Waals surface area (Å²) in [5.74, 6) is 1.56. The van der Waals surface area contributed by atoms with Gasteiger partial charge >= 0.3 is 0 Å². The van der Waals surface area contributed by atoms with E-state index in [1.807, 2.05) is 13.0 Å². The third kappa shape index (κ3) is 3.82. The summed E-state index contributed by atoms with van der Waals surface area (Å²) in [4.78, 5) is 8.80. The summed E-state index contributed by atoms with van der Waals surface area (Å²) >= 11 is 6.26. The highest BCUT2D eigenvalue weighted by atomic mass is 35.5. The largest absolute Gasteiger partial charge is 0.373 e. The lowest BCUT2D eigenvalue weighted by atomic mass is 9.97. The lowest BCUT2D eigenvalue weighted by molar-refractivity contribution is 0.00973. The molecule has 2 atom stereocenters. The Bertz CT molecular complexity index is 663. The molecule has 5 heteroatoms. The van der Waals surface area contributed by atoms with Crippen LogP contribution in [0.25, 0.3) is 0 Å². The molecule has 1 aliphatic heterocycles. The first-order chi connectivity index (χ1) is 11.2. The van der Waals surface area contributed by atoms with Gasteiger partial charge in [-0.2, -0.15) is 0 Å².